The van der Waals surface area contributed by atoms with Crippen molar-refractivity contribution in [2.45, 2.75) is 6.92 Å². The van der Waals surface area contributed by atoms with E-state index in [0.29, 0.717) is 30.2 Å². The van der Waals surface area contributed by atoms with Crippen LogP contribution in [0.1, 0.15) is 17.3 Å². The van der Waals surface area contributed by atoms with E-state index in [4.69, 9.17) is 9.84 Å². The fourth-order valence-corrected chi connectivity index (χ4v) is 1.94. The SMILES string of the molecule is CCN(CCO)C(=O)c1cccc(Oc2ccncc2)c1. The number of hydrogen-bond acceptors (Lipinski definition) is 4. The summed E-state index contributed by atoms with van der Waals surface area (Å²) in [5, 5.41) is 8.99. The first-order chi connectivity index (χ1) is 10.2. The van der Waals surface area contributed by atoms with Gasteiger partial charge in [0, 0.05) is 31.0 Å². The molecule has 5 heteroatoms. The first-order valence-electron chi connectivity index (χ1n) is 6.82. The van der Waals surface area contributed by atoms with Gasteiger partial charge in [-0.1, -0.05) is 6.07 Å². The molecule has 1 amide bonds. The summed E-state index contributed by atoms with van der Waals surface area (Å²) in [4.78, 5) is 17.8. The summed E-state index contributed by atoms with van der Waals surface area (Å²) in [7, 11) is 0. The number of nitrogens with zero attached hydrogens (tertiary/aromatic N) is 2. The van der Waals surface area contributed by atoms with Gasteiger partial charge in [0.15, 0.2) is 0 Å². The second-order valence-electron chi connectivity index (χ2n) is 4.42. The molecule has 0 unspecified atom stereocenters. The first-order valence-corrected chi connectivity index (χ1v) is 6.82. The lowest BCUT2D eigenvalue weighted by atomic mass is 10.2. The standard InChI is InChI=1S/C16H18N2O3/c1-2-18(10-11-19)16(20)13-4-3-5-15(12-13)21-14-6-8-17-9-7-14/h3-9,12,19H,2,10-11H2,1H3. The summed E-state index contributed by atoms with van der Waals surface area (Å²) in [5.74, 6) is 1.14. The van der Waals surface area contributed by atoms with Crippen molar-refractivity contribution in [2.24, 2.45) is 0 Å². The Morgan fingerprint density at radius 1 is 1.24 bits per heavy atom. The van der Waals surface area contributed by atoms with E-state index in [0.717, 1.165) is 0 Å². The summed E-state index contributed by atoms with van der Waals surface area (Å²) >= 11 is 0. The van der Waals surface area contributed by atoms with E-state index in [1.165, 1.54) is 0 Å². The summed E-state index contributed by atoms with van der Waals surface area (Å²) in [5.41, 5.74) is 0.539. The molecule has 2 aromatic rings. The van der Waals surface area contributed by atoms with Crippen molar-refractivity contribution >= 4 is 5.91 Å². The number of rotatable bonds is 6. The van der Waals surface area contributed by atoms with Gasteiger partial charge in [0.2, 0.25) is 0 Å². The lowest BCUT2D eigenvalue weighted by molar-refractivity contribution is 0.0731. The molecule has 0 aliphatic carbocycles. The molecule has 0 aliphatic heterocycles. The fraction of sp³-hybridized carbons (Fsp3) is 0.250. The second kappa shape index (κ2) is 7.40. The average molecular weight is 286 g/mol. The zero-order chi connectivity index (χ0) is 15.1. The molecule has 0 aliphatic rings. The van der Waals surface area contributed by atoms with Crippen LogP contribution in [0.4, 0.5) is 0 Å². The number of carbonyl (C=O) groups excluding carboxylic acids is 1. The fourth-order valence-electron chi connectivity index (χ4n) is 1.94. The zero-order valence-electron chi connectivity index (χ0n) is 11.9. The smallest absolute Gasteiger partial charge is 0.254 e. The van der Waals surface area contributed by atoms with Gasteiger partial charge in [0.25, 0.3) is 5.91 Å². The van der Waals surface area contributed by atoms with Crippen molar-refractivity contribution in [1.82, 2.24) is 9.88 Å². The van der Waals surface area contributed by atoms with Crippen LogP contribution in [0.5, 0.6) is 11.5 Å². The van der Waals surface area contributed by atoms with Gasteiger partial charge in [-0.2, -0.15) is 0 Å². The molecule has 0 saturated carbocycles. The van der Waals surface area contributed by atoms with Crippen molar-refractivity contribution in [3.8, 4) is 11.5 Å². The molecule has 5 nitrogen and oxygen atoms in total. The molecule has 0 saturated heterocycles. The van der Waals surface area contributed by atoms with Crippen molar-refractivity contribution in [1.29, 1.82) is 0 Å². The van der Waals surface area contributed by atoms with Gasteiger partial charge in [0.05, 0.1) is 6.61 Å². The van der Waals surface area contributed by atoms with Crippen LogP contribution in [-0.2, 0) is 0 Å². The van der Waals surface area contributed by atoms with Crippen LogP contribution < -0.4 is 4.74 Å². The molecule has 0 fully saturated rings. The Labute approximate surface area is 123 Å². The van der Waals surface area contributed by atoms with E-state index in [2.05, 4.69) is 4.98 Å². The minimum absolute atomic E-state index is 0.0488. The quantitative estimate of drug-likeness (QED) is 0.885. The van der Waals surface area contributed by atoms with Crippen LogP contribution in [-0.4, -0.2) is 40.6 Å². The Morgan fingerprint density at radius 3 is 2.67 bits per heavy atom. The monoisotopic (exact) mass is 286 g/mol. The molecule has 1 N–H and O–H groups in total. The molecule has 2 rings (SSSR count). The highest BCUT2D eigenvalue weighted by molar-refractivity contribution is 5.94. The Hall–Kier alpha value is -2.40. The predicted molar refractivity (Wildman–Crippen MR) is 79.4 cm³/mol. The van der Waals surface area contributed by atoms with E-state index >= 15 is 0 Å². The predicted octanol–water partition coefficient (Wildman–Crippen LogP) is 2.33. The lowest BCUT2D eigenvalue weighted by Gasteiger charge is -2.19. The van der Waals surface area contributed by atoms with Gasteiger partial charge in [-0.05, 0) is 37.3 Å². The molecule has 0 spiro atoms. The molecule has 1 aromatic carbocycles. The maximum absolute atomic E-state index is 12.3. The number of aromatic nitrogens is 1. The highest BCUT2D eigenvalue weighted by Gasteiger charge is 2.14. The maximum Gasteiger partial charge on any atom is 0.254 e. The molecule has 0 radical (unpaired) electrons. The number of likely N-dealkylation sites (N-methyl/N-ethyl adjacent to an activating group) is 1. The molecule has 1 aromatic heterocycles. The van der Waals surface area contributed by atoms with Crippen molar-refractivity contribution in [2.75, 3.05) is 19.7 Å². The topological polar surface area (TPSA) is 62.7 Å². The number of benzene rings is 1. The molecule has 21 heavy (non-hydrogen) atoms. The van der Waals surface area contributed by atoms with Gasteiger partial charge in [-0.25, -0.2) is 0 Å². The molecule has 0 bridgehead atoms. The third-order valence-electron chi connectivity index (χ3n) is 3.01. The van der Waals surface area contributed by atoms with Gasteiger partial charge < -0.3 is 14.7 Å². The van der Waals surface area contributed by atoms with Crippen LogP contribution in [0.25, 0.3) is 0 Å². The third kappa shape index (κ3) is 4.03. The average Bonchev–Trinajstić information content (AvgIpc) is 2.53. The normalized spacial score (nSPS) is 10.2. The lowest BCUT2D eigenvalue weighted by Crippen LogP contribution is -2.33. The first kappa shape index (κ1) is 15.0. The highest BCUT2D eigenvalue weighted by Crippen LogP contribution is 2.22. The minimum Gasteiger partial charge on any atom is -0.457 e. The summed E-state index contributed by atoms with van der Waals surface area (Å²) in [6, 6.07) is 10.5. The van der Waals surface area contributed by atoms with E-state index in [9.17, 15) is 4.79 Å². The molecule has 0 atom stereocenters. The van der Waals surface area contributed by atoms with E-state index < -0.39 is 0 Å². The maximum atomic E-state index is 12.3. The number of aliphatic hydroxyl groups excluding tert-OH is 1. The minimum atomic E-state index is -0.119. The van der Waals surface area contributed by atoms with Crippen molar-refractivity contribution in [3.63, 3.8) is 0 Å². The van der Waals surface area contributed by atoms with Gasteiger partial charge >= 0.3 is 0 Å². The van der Waals surface area contributed by atoms with E-state index in [1.807, 2.05) is 6.92 Å². The van der Waals surface area contributed by atoms with E-state index in [-0.39, 0.29) is 12.5 Å². The molecule has 1 heterocycles. The van der Waals surface area contributed by atoms with Crippen LogP contribution in [0, 0.1) is 0 Å². The zero-order valence-corrected chi connectivity index (χ0v) is 11.9. The molecule has 110 valence electrons. The number of aliphatic hydroxyl groups is 1. The Balaban J connectivity index is 2.15. The number of carbonyl (C=O) groups is 1. The molecular weight excluding hydrogens is 268 g/mol. The summed E-state index contributed by atoms with van der Waals surface area (Å²) in [6.45, 7) is 2.71. The van der Waals surface area contributed by atoms with Gasteiger partial charge in [0.1, 0.15) is 11.5 Å². The van der Waals surface area contributed by atoms with Crippen molar-refractivity contribution in [3.05, 3.63) is 54.4 Å². The Morgan fingerprint density at radius 2 is 2.00 bits per heavy atom. The van der Waals surface area contributed by atoms with Crippen LogP contribution in [0.15, 0.2) is 48.8 Å². The molecular formula is C16H18N2O3. The Kier molecular flexibility index (Phi) is 5.29. The largest absolute Gasteiger partial charge is 0.457 e. The number of pyridine rings is 1. The van der Waals surface area contributed by atoms with Crippen LogP contribution >= 0.6 is 0 Å². The second-order valence-corrected chi connectivity index (χ2v) is 4.42. The number of ether oxygens (including phenoxy) is 1. The van der Waals surface area contributed by atoms with Gasteiger partial charge in [-0.3, -0.25) is 9.78 Å². The van der Waals surface area contributed by atoms with Crippen molar-refractivity contribution < 1.29 is 14.6 Å². The van der Waals surface area contributed by atoms with Gasteiger partial charge in [-0.15, -0.1) is 0 Å². The van der Waals surface area contributed by atoms with Crippen LogP contribution in [0.3, 0.4) is 0 Å². The van der Waals surface area contributed by atoms with Crippen LogP contribution in [0.2, 0.25) is 0 Å². The van der Waals surface area contributed by atoms with E-state index in [1.54, 1.807) is 53.7 Å². The number of hydrogen-bond donors (Lipinski definition) is 1. The summed E-state index contributed by atoms with van der Waals surface area (Å²) < 4.78 is 5.68. The number of amides is 1. The third-order valence-corrected chi connectivity index (χ3v) is 3.01. The Bertz CT molecular complexity index is 587. The summed E-state index contributed by atoms with van der Waals surface area (Å²) in [6.07, 6.45) is 3.29. The highest BCUT2D eigenvalue weighted by atomic mass is 16.5.